The van der Waals surface area contributed by atoms with Gasteiger partial charge in [0, 0.05) is 20.6 Å². The summed E-state index contributed by atoms with van der Waals surface area (Å²) >= 11 is 6.78. The van der Waals surface area contributed by atoms with Gasteiger partial charge in [0.1, 0.15) is 0 Å². The van der Waals surface area contributed by atoms with E-state index in [0.717, 1.165) is 28.2 Å². The minimum Gasteiger partial charge on any atom is -0.349 e. The Labute approximate surface area is 124 Å². The number of halogens is 2. The van der Waals surface area contributed by atoms with Crippen LogP contribution in [0.3, 0.4) is 0 Å². The van der Waals surface area contributed by atoms with Crippen molar-refractivity contribution >= 4 is 37.8 Å². The normalized spacial score (nSPS) is 23.1. The van der Waals surface area contributed by atoms with Crippen LogP contribution in [0.4, 0.5) is 0 Å². The molecule has 0 spiro atoms. The van der Waals surface area contributed by atoms with Crippen LogP contribution in [0.2, 0.25) is 0 Å². The van der Waals surface area contributed by atoms with Crippen LogP contribution < -0.4 is 11.1 Å². The Morgan fingerprint density at radius 3 is 2.56 bits per heavy atom. The Bertz CT molecular complexity index is 430. The van der Waals surface area contributed by atoms with Gasteiger partial charge >= 0.3 is 0 Å². The molecule has 18 heavy (non-hydrogen) atoms. The maximum absolute atomic E-state index is 12.2. The molecular formula is C13H16Br2N2O. The average molecular weight is 376 g/mol. The predicted octanol–water partition coefficient (Wildman–Crippen LogP) is 3.07. The van der Waals surface area contributed by atoms with Crippen LogP contribution in [-0.4, -0.2) is 18.5 Å². The standard InChI is InChI=1S/C13H16Br2N2O/c14-10-4-9(5-11(15)6-10)13(18)17-12-3-1-2-8(12)7-16/h4-6,8,12H,1-3,7,16H2,(H,17,18). The monoisotopic (exact) mass is 374 g/mol. The SMILES string of the molecule is NCC1CCCC1NC(=O)c1cc(Br)cc(Br)c1. The first-order valence-corrected chi connectivity index (χ1v) is 7.66. The fourth-order valence-electron chi connectivity index (χ4n) is 2.45. The third-order valence-corrected chi connectivity index (χ3v) is 4.32. The van der Waals surface area contributed by atoms with E-state index in [1.807, 2.05) is 18.2 Å². The summed E-state index contributed by atoms with van der Waals surface area (Å²) in [6.45, 7) is 0.646. The van der Waals surface area contributed by atoms with Crippen LogP contribution in [0.5, 0.6) is 0 Å². The minimum atomic E-state index is -0.0256. The molecule has 1 aliphatic carbocycles. The zero-order valence-corrected chi connectivity index (χ0v) is 13.1. The summed E-state index contributed by atoms with van der Waals surface area (Å²) in [7, 11) is 0. The van der Waals surface area contributed by atoms with Gasteiger partial charge < -0.3 is 11.1 Å². The summed E-state index contributed by atoms with van der Waals surface area (Å²) in [5.74, 6) is 0.395. The van der Waals surface area contributed by atoms with E-state index in [2.05, 4.69) is 37.2 Å². The highest BCUT2D eigenvalue weighted by atomic mass is 79.9. The van der Waals surface area contributed by atoms with Crippen LogP contribution in [0.1, 0.15) is 29.6 Å². The van der Waals surface area contributed by atoms with E-state index in [9.17, 15) is 4.79 Å². The maximum atomic E-state index is 12.2. The fraction of sp³-hybridized carbons (Fsp3) is 0.462. The molecule has 1 aromatic rings. The van der Waals surface area contributed by atoms with Gasteiger partial charge in [0.25, 0.3) is 5.91 Å². The first-order valence-electron chi connectivity index (χ1n) is 6.07. The Balaban J connectivity index is 2.07. The van der Waals surface area contributed by atoms with Crippen LogP contribution in [0.25, 0.3) is 0 Å². The van der Waals surface area contributed by atoms with Gasteiger partial charge in [0.05, 0.1) is 0 Å². The van der Waals surface area contributed by atoms with Crippen molar-refractivity contribution in [2.24, 2.45) is 11.7 Å². The molecule has 1 aromatic carbocycles. The van der Waals surface area contributed by atoms with Crippen molar-refractivity contribution in [2.75, 3.05) is 6.54 Å². The minimum absolute atomic E-state index is 0.0256. The first-order chi connectivity index (χ1) is 8.60. The molecule has 0 heterocycles. The summed E-state index contributed by atoms with van der Waals surface area (Å²) in [6, 6.07) is 5.79. The van der Waals surface area contributed by atoms with E-state index in [0.29, 0.717) is 18.0 Å². The van der Waals surface area contributed by atoms with Crippen molar-refractivity contribution < 1.29 is 4.79 Å². The average Bonchev–Trinajstić information content (AvgIpc) is 2.75. The molecule has 2 atom stereocenters. The highest BCUT2D eigenvalue weighted by Crippen LogP contribution is 2.25. The molecule has 0 aliphatic heterocycles. The van der Waals surface area contributed by atoms with Crippen molar-refractivity contribution in [2.45, 2.75) is 25.3 Å². The molecule has 3 N–H and O–H groups in total. The van der Waals surface area contributed by atoms with E-state index < -0.39 is 0 Å². The lowest BCUT2D eigenvalue weighted by molar-refractivity contribution is 0.0928. The number of rotatable bonds is 3. The molecular weight excluding hydrogens is 360 g/mol. The second-order valence-electron chi connectivity index (χ2n) is 4.66. The van der Waals surface area contributed by atoms with Gasteiger partial charge in [-0.15, -0.1) is 0 Å². The van der Waals surface area contributed by atoms with Gasteiger partial charge in [-0.05, 0) is 43.5 Å². The number of nitrogens with two attached hydrogens (primary N) is 1. The highest BCUT2D eigenvalue weighted by Gasteiger charge is 2.27. The summed E-state index contributed by atoms with van der Waals surface area (Å²) < 4.78 is 1.78. The molecule has 1 amide bonds. The number of hydrogen-bond acceptors (Lipinski definition) is 2. The summed E-state index contributed by atoms with van der Waals surface area (Å²) in [5.41, 5.74) is 6.39. The summed E-state index contributed by atoms with van der Waals surface area (Å²) in [4.78, 5) is 12.2. The van der Waals surface area contributed by atoms with E-state index in [1.54, 1.807) is 0 Å². The third-order valence-electron chi connectivity index (χ3n) is 3.40. The first kappa shape index (κ1) is 14.0. The van der Waals surface area contributed by atoms with Gasteiger partial charge in [-0.25, -0.2) is 0 Å². The Kier molecular flexibility index (Phi) is 4.81. The summed E-state index contributed by atoms with van der Waals surface area (Å²) in [5, 5.41) is 3.09. The molecule has 5 heteroatoms. The maximum Gasteiger partial charge on any atom is 0.251 e. The van der Waals surface area contributed by atoms with Crippen molar-refractivity contribution in [3.05, 3.63) is 32.7 Å². The molecule has 1 aliphatic rings. The van der Waals surface area contributed by atoms with Crippen molar-refractivity contribution in [3.8, 4) is 0 Å². The summed E-state index contributed by atoms with van der Waals surface area (Å²) in [6.07, 6.45) is 3.29. The van der Waals surface area contributed by atoms with E-state index >= 15 is 0 Å². The zero-order valence-electron chi connectivity index (χ0n) is 9.96. The molecule has 2 unspecified atom stereocenters. The van der Waals surface area contributed by atoms with Gasteiger partial charge in [-0.3, -0.25) is 4.79 Å². The Morgan fingerprint density at radius 1 is 1.28 bits per heavy atom. The van der Waals surface area contributed by atoms with Crippen LogP contribution in [0.15, 0.2) is 27.1 Å². The van der Waals surface area contributed by atoms with Crippen molar-refractivity contribution in [1.29, 1.82) is 0 Å². The number of carbonyl (C=O) groups excluding carboxylic acids is 1. The molecule has 3 nitrogen and oxygen atoms in total. The quantitative estimate of drug-likeness (QED) is 0.852. The van der Waals surface area contributed by atoms with Crippen LogP contribution in [-0.2, 0) is 0 Å². The molecule has 1 saturated carbocycles. The highest BCUT2D eigenvalue weighted by molar-refractivity contribution is 9.11. The van der Waals surface area contributed by atoms with Crippen molar-refractivity contribution in [3.63, 3.8) is 0 Å². The van der Waals surface area contributed by atoms with Gasteiger partial charge in [0.2, 0.25) is 0 Å². The molecule has 0 radical (unpaired) electrons. The Morgan fingerprint density at radius 2 is 1.94 bits per heavy atom. The lowest BCUT2D eigenvalue weighted by Gasteiger charge is -2.19. The largest absolute Gasteiger partial charge is 0.349 e. The second-order valence-corrected chi connectivity index (χ2v) is 6.50. The van der Waals surface area contributed by atoms with Crippen LogP contribution in [0, 0.1) is 5.92 Å². The van der Waals surface area contributed by atoms with Crippen LogP contribution >= 0.6 is 31.9 Å². The van der Waals surface area contributed by atoms with Gasteiger partial charge in [-0.1, -0.05) is 38.3 Å². The van der Waals surface area contributed by atoms with Gasteiger partial charge in [0.15, 0.2) is 0 Å². The molecule has 0 bridgehead atoms. The fourth-order valence-corrected chi connectivity index (χ4v) is 3.74. The van der Waals surface area contributed by atoms with Gasteiger partial charge in [-0.2, -0.15) is 0 Å². The molecule has 2 rings (SSSR count). The van der Waals surface area contributed by atoms with E-state index in [4.69, 9.17) is 5.73 Å². The number of amides is 1. The smallest absolute Gasteiger partial charge is 0.251 e. The topological polar surface area (TPSA) is 55.1 Å². The Hall–Kier alpha value is -0.390. The molecule has 0 saturated heterocycles. The second kappa shape index (κ2) is 6.17. The number of benzene rings is 1. The zero-order chi connectivity index (χ0) is 13.1. The van der Waals surface area contributed by atoms with E-state index in [1.165, 1.54) is 0 Å². The lowest BCUT2D eigenvalue weighted by atomic mass is 10.0. The lowest BCUT2D eigenvalue weighted by Crippen LogP contribution is -2.39. The van der Waals surface area contributed by atoms with Crippen molar-refractivity contribution in [1.82, 2.24) is 5.32 Å². The predicted molar refractivity (Wildman–Crippen MR) is 79.5 cm³/mol. The van der Waals surface area contributed by atoms with E-state index in [-0.39, 0.29) is 11.9 Å². The number of hydrogen-bond donors (Lipinski definition) is 2. The number of carbonyl (C=O) groups is 1. The number of nitrogens with one attached hydrogen (secondary N) is 1. The molecule has 1 fully saturated rings. The molecule has 98 valence electrons. The molecule has 0 aromatic heterocycles. The third kappa shape index (κ3) is 3.33.